The van der Waals surface area contributed by atoms with Gasteiger partial charge in [-0.15, -0.1) is 11.6 Å². The first-order chi connectivity index (χ1) is 14.0. The number of halogens is 1. The molecule has 0 aliphatic carbocycles. The van der Waals surface area contributed by atoms with Crippen LogP contribution in [0.15, 0.2) is 48.5 Å². The van der Waals surface area contributed by atoms with Crippen LogP contribution in [-0.2, 0) is 4.79 Å². The zero-order valence-electron chi connectivity index (χ0n) is 17.8. The van der Waals surface area contributed by atoms with E-state index in [0.29, 0.717) is 18.1 Å². The largest absolute Gasteiger partial charge is 0.494 e. The highest BCUT2D eigenvalue weighted by molar-refractivity contribution is 6.30. The summed E-state index contributed by atoms with van der Waals surface area (Å²) in [6.07, 6.45) is 6.78. The van der Waals surface area contributed by atoms with Gasteiger partial charge >= 0.3 is 5.97 Å². The van der Waals surface area contributed by atoms with Gasteiger partial charge < -0.3 is 9.47 Å². The number of carbonyl (C=O) groups excluding carboxylic acids is 1. The van der Waals surface area contributed by atoms with E-state index in [1.54, 1.807) is 12.1 Å². The second-order valence-electron chi connectivity index (χ2n) is 7.83. The molecular weight excluding hydrogens is 384 g/mol. The summed E-state index contributed by atoms with van der Waals surface area (Å²) >= 11 is 6.10. The number of hydrogen-bond donors (Lipinski definition) is 0. The Bertz CT molecular complexity index is 723. The average molecular weight is 417 g/mol. The van der Waals surface area contributed by atoms with Gasteiger partial charge in [0.15, 0.2) is 0 Å². The number of benzene rings is 2. The predicted molar refractivity (Wildman–Crippen MR) is 121 cm³/mol. The van der Waals surface area contributed by atoms with Crippen molar-refractivity contribution in [1.29, 1.82) is 0 Å². The molecule has 1 unspecified atom stereocenters. The minimum Gasteiger partial charge on any atom is -0.494 e. The summed E-state index contributed by atoms with van der Waals surface area (Å²) in [5, 5.41) is -0.617. The summed E-state index contributed by atoms with van der Waals surface area (Å²) in [5.74, 6) is 1.36. The van der Waals surface area contributed by atoms with E-state index in [2.05, 4.69) is 6.92 Å². The van der Waals surface area contributed by atoms with Crippen LogP contribution in [0, 0.1) is 5.92 Å². The first-order valence-corrected chi connectivity index (χ1v) is 11.1. The fourth-order valence-corrected chi connectivity index (χ4v) is 3.45. The molecule has 3 nitrogen and oxygen atoms in total. The molecule has 0 amide bonds. The maximum atomic E-state index is 12.0. The number of carbonyl (C=O) groups is 1. The molecule has 2 aromatic rings. The van der Waals surface area contributed by atoms with E-state index in [-0.39, 0.29) is 0 Å². The van der Waals surface area contributed by atoms with Crippen molar-refractivity contribution in [2.45, 2.75) is 64.7 Å². The van der Waals surface area contributed by atoms with Crippen LogP contribution in [-0.4, -0.2) is 18.0 Å². The first-order valence-electron chi connectivity index (χ1n) is 10.7. The predicted octanol–water partition coefficient (Wildman–Crippen LogP) is 7.26. The van der Waals surface area contributed by atoms with Crippen LogP contribution in [0.1, 0.15) is 59.3 Å². The molecule has 0 saturated carbocycles. The number of rotatable bonds is 12. The monoisotopic (exact) mass is 416 g/mol. The van der Waals surface area contributed by atoms with Gasteiger partial charge in [-0.25, -0.2) is 0 Å². The zero-order valence-corrected chi connectivity index (χ0v) is 18.6. The third-order valence-electron chi connectivity index (χ3n) is 4.71. The Balaban J connectivity index is 1.84. The molecule has 4 heteroatoms. The van der Waals surface area contributed by atoms with Crippen LogP contribution in [0.2, 0.25) is 0 Å². The summed E-state index contributed by atoms with van der Waals surface area (Å²) in [5.41, 5.74) is 2.15. The molecule has 0 bridgehead atoms. The molecule has 0 aliphatic rings. The highest BCUT2D eigenvalue weighted by Crippen LogP contribution is 2.25. The minimum atomic E-state index is -0.617. The van der Waals surface area contributed by atoms with Gasteiger partial charge in [0.1, 0.15) is 16.9 Å². The summed E-state index contributed by atoms with van der Waals surface area (Å²) in [4.78, 5) is 12.0. The Morgan fingerprint density at radius 3 is 1.97 bits per heavy atom. The van der Waals surface area contributed by atoms with E-state index in [9.17, 15) is 4.79 Å². The number of hydrogen-bond acceptors (Lipinski definition) is 3. The van der Waals surface area contributed by atoms with E-state index in [4.69, 9.17) is 21.1 Å². The number of esters is 1. The van der Waals surface area contributed by atoms with E-state index in [0.717, 1.165) is 29.9 Å². The van der Waals surface area contributed by atoms with E-state index < -0.39 is 11.3 Å². The Labute approximate surface area is 180 Å². The average Bonchev–Trinajstić information content (AvgIpc) is 2.71. The van der Waals surface area contributed by atoms with E-state index in [1.165, 1.54) is 25.7 Å². The quantitative estimate of drug-likeness (QED) is 0.158. The lowest BCUT2D eigenvalue weighted by atomic mass is 10.1. The van der Waals surface area contributed by atoms with Gasteiger partial charge in [-0.3, -0.25) is 4.79 Å². The first kappa shape index (κ1) is 23.3. The van der Waals surface area contributed by atoms with Crippen LogP contribution in [0.4, 0.5) is 0 Å². The highest BCUT2D eigenvalue weighted by atomic mass is 35.5. The van der Waals surface area contributed by atoms with Gasteiger partial charge in [-0.05, 0) is 54.2 Å². The lowest BCUT2D eigenvalue weighted by Gasteiger charge is -2.12. The third kappa shape index (κ3) is 8.49. The van der Waals surface area contributed by atoms with Crippen molar-refractivity contribution >= 4 is 17.6 Å². The van der Waals surface area contributed by atoms with Crippen molar-refractivity contribution in [3.8, 4) is 22.6 Å². The topological polar surface area (TPSA) is 35.5 Å². The third-order valence-corrected chi connectivity index (χ3v) is 5.07. The second kappa shape index (κ2) is 12.5. The molecule has 29 heavy (non-hydrogen) atoms. The van der Waals surface area contributed by atoms with Gasteiger partial charge in [-0.2, -0.15) is 0 Å². The highest BCUT2D eigenvalue weighted by Gasteiger charge is 2.19. The molecule has 0 radical (unpaired) electrons. The van der Waals surface area contributed by atoms with Gasteiger partial charge in [-0.1, -0.05) is 70.7 Å². The molecule has 158 valence electrons. The van der Waals surface area contributed by atoms with Gasteiger partial charge in [0.2, 0.25) is 0 Å². The molecule has 0 aliphatic heterocycles. The molecular formula is C25H33ClO3. The molecule has 0 spiro atoms. The summed E-state index contributed by atoms with van der Waals surface area (Å²) < 4.78 is 11.2. The lowest BCUT2D eigenvalue weighted by Crippen LogP contribution is -2.22. The molecule has 0 heterocycles. The Morgan fingerprint density at radius 2 is 1.41 bits per heavy atom. The lowest BCUT2D eigenvalue weighted by molar-refractivity contribution is -0.134. The maximum absolute atomic E-state index is 12.0. The fraction of sp³-hybridized carbons (Fsp3) is 0.480. The van der Waals surface area contributed by atoms with Gasteiger partial charge in [0.05, 0.1) is 6.61 Å². The standard InChI is InChI=1S/C25H33ClO3/c1-4-5-6-7-8-17-28-22-13-9-20(10-14-22)21-11-15-23(16-12-21)29-25(27)24(26)18-19(2)3/h9-16,19,24H,4-8,17-18H2,1-3H3. The second-order valence-corrected chi connectivity index (χ2v) is 8.36. The molecule has 0 aromatic heterocycles. The SMILES string of the molecule is CCCCCCCOc1ccc(-c2ccc(OC(=O)C(Cl)CC(C)C)cc2)cc1. The number of alkyl halides is 1. The van der Waals surface area contributed by atoms with Crippen molar-refractivity contribution in [1.82, 2.24) is 0 Å². The summed E-state index contributed by atoms with van der Waals surface area (Å²) in [7, 11) is 0. The van der Waals surface area contributed by atoms with Crippen LogP contribution in [0.25, 0.3) is 11.1 Å². The van der Waals surface area contributed by atoms with Crippen LogP contribution in [0.3, 0.4) is 0 Å². The molecule has 1 atom stereocenters. The molecule has 2 rings (SSSR count). The van der Waals surface area contributed by atoms with E-state index in [1.807, 2.05) is 50.2 Å². The number of unbranched alkanes of at least 4 members (excludes halogenated alkanes) is 4. The smallest absolute Gasteiger partial charge is 0.329 e. The Kier molecular flexibility index (Phi) is 10.1. The van der Waals surface area contributed by atoms with Crippen molar-refractivity contribution in [2.24, 2.45) is 5.92 Å². The molecule has 0 fully saturated rings. The van der Waals surface area contributed by atoms with Crippen molar-refractivity contribution in [3.05, 3.63) is 48.5 Å². The molecule has 2 aromatic carbocycles. The van der Waals surface area contributed by atoms with Crippen LogP contribution >= 0.6 is 11.6 Å². The minimum absolute atomic E-state index is 0.348. The van der Waals surface area contributed by atoms with Crippen molar-refractivity contribution < 1.29 is 14.3 Å². The van der Waals surface area contributed by atoms with Crippen molar-refractivity contribution in [3.63, 3.8) is 0 Å². The zero-order chi connectivity index (χ0) is 21.1. The number of ether oxygens (including phenoxy) is 2. The van der Waals surface area contributed by atoms with Crippen LogP contribution in [0.5, 0.6) is 11.5 Å². The summed E-state index contributed by atoms with van der Waals surface area (Å²) in [6, 6.07) is 15.6. The van der Waals surface area contributed by atoms with Gasteiger partial charge in [0.25, 0.3) is 0 Å². The van der Waals surface area contributed by atoms with Crippen LogP contribution < -0.4 is 9.47 Å². The Morgan fingerprint density at radius 1 is 0.862 bits per heavy atom. The molecule has 0 N–H and O–H groups in total. The Hall–Kier alpha value is -2.00. The van der Waals surface area contributed by atoms with E-state index >= 15 is 0 Å². The fourth-order valence-electron chi connectivity index (χ4n) is 3.04. The van der Waals surface area contributed by atoms with Crippen molar-refractivity contribution in [2.75, 3.05) is 6.61 Å². The normalized spacial score (nSPS) is 12.0. The molecule has 0 saturated heterocycles. The summed E-state index contributed by atoms with van der Waals surface area (Å²) in [6.45, 7) is 7.05. The maximum Gasteiger partial charge on any atom is 0.329 e. The van der Waals surface area contributed by atoms with Gasteiger partial charge in [0, 0.05) is 0 Å².